The van der Waals surface area contributed by atoms with E-state index in [1.54, 1.807) is 12.4 Å². The van der Waals surface area contributed by atoms with Crippen LogP contribution in [0.2, 0.25) is 0 Å². The summed E-state index contributed by atoms with van der Waals surface area (Å²) in [6.45, 7) is 0.489. The third-order valence-electron chi connectivity index (χ3n) is 4.31. The number of nitrogens with one attached hydrogen (secondary N) is 1. The molecule has 6 nitrogen and oxygen atoms in total. The SMILES string of the molecule is O=C(NCc1ccccc1)c1nc2c(OCCO)cc(-c3ccncc3)cc2s1. The van der Waals surface area contributed by atoms with E-state index in [2.05, 4.69) is 15.3 Å². The number of fused-ring (bicyclic) bond motifs is 1. The quantitative estimate of drug-likeness (QED) is 0.490. The summed E-state index contributed by atoms with van der Waals surface area (Å²) in [5.74, 6) is 0.315. The van der Waals surface area contributed by atoms with Crippen molar-refractivity contribution >= 4 is 27.5 Å². The lowest BCUT2D eigenvalue weighted by Crippen LogP contribution is -2.22. The Morgan fingerprint density at radius 3 is 2.62 bits per heavy atom. The Kier molecular flexibility index (Phi) is 5.79. The molecule has 2 aromatic carbocycles. The molecule has 2 heterocycles. The van der Waals surface area contributed by atoms with Crippen molar-refractivity contribution in [1.82, 2.24) is 15.3 Å². The monoisotopic (exact) mass is 405 g/mol. The maximum atomic E-state index is 12.6. The van der Waals surface area contributed by atoms with E-state index in [9.17, 15) is 4.79 Å². The molecule has 0 aliphatic carbocycles. The zero-order valence-electron chi connectivity index (χ0n) is 15.5. The van der Waals surface area contributed by atoms with Crippen LogP contribution in [0.3, 0.4) is 0 Å². The minimum atomic E-state index is -0.228. The normalized spacial score (nSPS) is 10.8. The molecule has 0 bridgehead atoms. The molecule has 4 rings (SSSR count). The molecule has 0 aliphatic rings. The molecule has 29 heavy (non-hydrogen) atoms. The van der Waals surface area contributed by atoms with Crippen LogP contribution in [0.15, 0.2) is 67.0 Å². The van der Waals surface area contributed by atoms with E-state index < -0.39 is 0 Å². The average molecular weight is 405 g/mol. The number of pyridine rings is 1. The zero-order chi connectivity index (χ0) is 20.1. The Balaban J connectivity index is 1.65. The van der Waals surface area contributed by atoms with Crippen LogP contribution in [0.25, 0.3) is 21.3 Å². The molecular formula is C22H19N3O3S. The first-order valence-corrected chi connectivity index (χ1v) is 9.97. The number of aliphatic hydroxyl groups is 1. The number of aromatic nitrogens is 2. The maximum Gasteiger partial charge on any atom is 0.280 e. The lowest BCUT2D eigenvalue weighted by molar-refractivity contribution is 0.0950. The number of thiazole rings is 1. The molecule has 0 fully saturated rings. The molecule has 7 heteroatoms. The number of carbonyl (C=O) groups is 1. The van der Waals surface area contributed by atoms with Crippen molar-refractivity contribution in [3.05, 3.63) is 77.6 Å². The van der Waals surface area contributed by atoms with Gasteiger partial charge in [-0.15, -0.1) is 11.3 Å². The molecule has 2 N–H and O–H groups in total. The number of rotatable bonds is 7. The van der Waals surface area contributed by atoms with E-state index in [1.165, 1.54) is 11.3 Å². The fraction of sp³-hybridized carbons (Fsp3) is 0.136. The van der Waals surface area contributed by atoms with Gasteiger partial charge in [0, 0.05) is 18.9 Å². The van der Waals surface area contributed by atoms with Gasteiger partial charge in [-0.05, 0) is 41.0 Å². The number of ether oxygens (including phenoxy) is 1. The van der Waals surface area contributed by atoms with Gasteiger partial charge in [-0.1, -0.05) is 30.3 Å². The Morgan fingerprint density at radius 2 is 1.86 bits per heavy atom. The van der Waals surface area contributed by atoms with E-state index in [0.717, 1.165) is 21.4 Å². The predicted molar refractivity (Wildman–Crippen MR) is 113 cm³/mol. The van der Waals surface area contributed by atoms with Gasteiger partial charge in [-0.2, -0.15) is 0 Å². The third kappa shape index (κ3) is 4.42. The highest BCUT2D eigenvalue weighted by Crippen LogP contribution is 2.35. The fourth-order valence-electron chi connectivity index (χ4n) is 2.93. The standard InChI is InChI=1S/C22H19N3O3S/c26-10-11-28-18-12-17(16-6-8-23-9-7-16)13-19-20(18)25-22(29-19)21(27)24-14-15-4-2-1-3-5-15/h1-9,12-13,26H,10-11,14H2,(H,24,27). The lowest BCUT2D eigenvalue weighted by Gasteiger charge is -2.08. The molecule has 4 aromatic rings. The van der Waals surface area contributed by atoms with Crippen molar-refractivity contribution in [1.29, 1.82) is 0 Å². The molecule has 0 atom stereocenters. The zero-order valence-corrected chi connectivity index (χ0v) is 16.4. The average Bonchev–Trinajstić information content (AvgIpc) is 3.21. The largest absolute Gasteiger partial charge is 0.489 e. The Hall–Kier alpha value is -3.29. The third-order valence-corrected chi connectivity index (χ3v) is 5.31. The highest BCUT2D eigenvalue weighted by Gasteiger charge is 2.17. The van der Waals surface area contributed by atoms with Crippen molar-refractivity contribution in [3.63, 3.8) is 0 Å². The van der Waals surface area contributed by atoms with Crippen LogP contribution in [0.4, 0.5) is 0 Å². The molecule has 1 amide bonds. The predicted octanol–water partition coefficient (Wildman–Crippen LogP) is 3.66. The number of nitrogens with zero attached hydrogens (tertiary/aromatic N) is 2. The van der Waals surface area contributed by atoms with Crippen molar-refractivity contribution in [2.45, 2.75) is 6.54 Å². The molecule has 2 aromatic heterocycles. The summed E-state index contributed by atoms with van der Waals surface area (Å²) in [5, 5.41) is 12.4. The summed E-state index contributed by atoms with van der Waals surface area (Å²) in [4.78, 5) is 21.2. The van der Waals surface area contributed by atoms with Crippen LogP contribution in [-0.4, -0.2) is 34.2 Å². The van der Waals surface area contributed by atoms with E-state index in [1.807, 2.05) is 54.6 Å². The van der Waals surface area contributed by atoms with Crippen LogP contribution >= 0.6 is 11.3 Å². The van der Waals surface area contributed by atoms with E-state index >= 15 is 0 Å². The first kappa shape index (κ1) is 19.0. The van der Waals surface area contributed by atoms with Crippen molar-refractivity contribution in [2.24, 2.45) is 0 Å². The smallest absolute Gasteiger partial charge is 0.280 e. The molecule has 0 saturated heterocycles. The molecule has 0 spiro atoms. The Labute approximate surface area is 171 Å². The van der Waals surface area contributed by atoms with Gasteiger partial charge in [0.2, 0.25) is 0 Å². The second kappa shape index (κ2) is 8.81. The van der Waals surface area contributed by atoms with Crippen LogP contribution in [0.5, 0.6) is 5.75 Å². The minimum Gasteiger partial charge on any atom is -0.489 e. The molecule has 0 unspecified atom stereocenters. The lowest BCUT2D eigenvalue weighted by atomic mass is 10.1. The van der Waals surface area contributed by atoms with Crippen molar-refractivity contribution < 1.29 is 14.6 Å². The maximum absolute atomic E-state index is 12.6. The Morgan fingerprint density at radius 1 is 1.07 bits per heavy atom. The van der Waals surface area contributed by atoms with Gasteiger partial charge in [0.25, 0.3) is 5.91 Å². The van der Waals surface area contributed by atoms with Crippen LogP contribution < -0.4 is 10.1 Å². The summed E-state index contributed by atoms with van der Waals surface area (Å²) in [5.41, 5.74) is 3.56. The Bertz CT molecular complexity index is 1110. The topological polar surface area (TPSA) is 84.3 Å². The first-order chi connectivity index (χ1) is 14.2. The van der Waals surface area contributed by atoms with Gasteiger partial charge in [0.05, 0.1) is 11.3 Å². The van der Waals surface area contributed by atoms with Crippen LogP contribution in [0, 0.1) is 0 Å². The highest BCUT2D eigenvalue weighted by atomic mass is 32.1. The second-order valence-electron chi connectivity index (χ2n) is 6.32. The summed E-state index contributed by atoms with van der Waals surface area (Å²) < 4.78 is 6.54. The van der Waals surface area contributed by atoms with E-state index in [0.29, 0.717) is 22.8 Å². The summed E-state index contributed by atoms with van der Waals surface area (Å²) in [7, 11) is 0. The molecule has 0 saturated carbocycles. The van der Waals surface area contributed by atoms with Crippen molar-refractivity contribution in [2.75, 3.05) is 13.2 Å². The first-order valence-electron chi connectivity index (χ1n) is 9.15. The number of hydrogen-bond donors (Lipinski definition) is 2. The second-order valence-corrected chi connectivity index (χ2v) is 7.35. The van der Waals surface area contributed by atoms with E-state index in [-0.39, 0.29) is 19.1 Å². The number of carbonyl (C=O) groups excluding carboxylic acids is 1. The number of hydrogen-bond acceptors (Lipinski definition) is 6. The summed E-state index contributed by atoms with van der Waals surface area (Å²) >= 11 is 1.32. The molecule has 0 radical (unpaired) electrons. The summed E-state index contributed by atoms with van der Waals surface area (Å²) in [6, 6.07) is 17.4. The fourth-order valence-corrected chi connectivity index (χ4v) is 3.87. The van der Waals surface area contributed by atoms with Crippen LogP contribution in [-0.2, 0) is 6.54 Å². The number of benzene rings is 2. The van der Waals surface area contributed by atoms with Gasteiger partial charge in [0.1, 0.15) is 17.9 Å². The number of aliphatic hydroxyl groups excluding tert-OH is 1. The molecule has 0 aliphatic heterocycles. The van der Waals surface area contributed by atoms with Crippen molar-refractivity contribution in [3.8, 4) is 16.9 Å². The number of amides is 1. The van der Waals surface area contributed by atoms with Gasteiger partial charge < -0.3 is 15.2 Å². The van der Waals surface area contributed by atoms with Gasteiger partial charge in [-0.3, -0.25) is 9.78 Å². The highest BCUT2D eigenvalue weighted by molar-refractivity contribution is 7.20. The van der Waals surface area contributed by atoms with Gasteiger partial charge >= 0.3 is 0 Å². The van der Waals surface area contributed by atoms with E-state index in [4.69, 9.17) is 9.84 Å². The molecular weight excluding hydrogens is 386 g/mol. The van der Waals surface area contributed by atoms with Crippen LogP contribution in [0.1, 0.15) is 15.4 Å². The summed E-state index contributed by atoms with van der Waals surface area (Å²) in [6.07, 6.45) is 3.45. The molecule has 146 valence electrons. The van der Waals surface area contributed by atoms with Gasteiger partial charge in [0.15, 0.2) is 5.01 Å². The van der Waals surface area contributed by atoms with Gasteiger partial charge in [-0.25, -0.2) is 4.98 Å². The minimum absolute atomic E-state index is 0.102.